The molecule has 27 heavy (non-hydrogen) atoms. The highest BCUT2D eigenvalue weighted by atomic mass is 19.4. The van der Waals surface area contributed by atoms with Gasteiger partial charge in [0.05, 0.1) is 24.9 Å². The molecule has 0 bridgehead atoms. The molecule has 2 aliphatic rings. The van der Waals surface area contributed by atoms with Crippen molar-refractivity contribution in [3.05, 3.63) is 16.4 Å². The first-order chi connectivity index (χ1) is 12.5. The number of nitrogens with zero attached hydrogens (tertiary/aromatic N) is 4. The maximum absolute atomic E-state index is 13.5. The largest absolute Gasteiger partial charge is 0.409 e. The summed E-state index contributed by atoms with van der Waals surface area (Å²) in [6.45, 7) is 6.60. The van der Waals surface area contributed by atoms with Gasteiger partial charge in [0.2, 0.25) is 5.95 Å². The minimum atomic E-state index is -4.55. The maximum Gasteiger partial charge on any atom is 0.409 e. The topological polar surface area (TPSA) is 70.8 Å². The number of hydrogen-bond acceptors (Lipinski definition) is 6. The van der Waals surface area contributed by atoms with Gasteiger partial charge in [-0.05, 0) is 27.2 Å². The van der Waals surface area contributed by atoms with Crippen molar-refractivity contribution in [2.45, 2.75) is 51.1 Å². The van der Waals surface area contributed by atoms with Gasteiger partial charge in [-0.2, -0.15) is 18.2 Å². The first-order valence-electron chi connectivity index (χ1n) is 8.99. The monoisotopic (exact) mass is 390 g/mol. The second-order valence-electron chi connectivity index (χ2n) is 7.82. The number of morpholine rings is 1. The molecular weight excluding hydrogens is 365 g/mol. The van der Waals surface area contributed by atoms with E-state index in [1.165, 1.54) is 0 Å². The zero-order valence-electron chi connectivity index (χ0n) is 15.7. The van der Waals surface area contributed by atoms with E-state index in [0.717, 1.165) is 6.07 Å². The fourth-order valence-electron chi connectivity index (χ4n) is 3.63. The SMILES string of the molecule is C[C@@H]1COCCN1c1cc(=O)n2c(n1)N(CC(C)(C)O)CC[C@@H]2C(F)(F)F. The Balaban J connectivity index is 2.09. The molecule has 0 radical (unpaired) electrons. The summed E-state index contributed by atoms with van der Waals surface area (Å²) in [5, 5.41) is 10.1. The number of rotatable bonds is 3. The van der Waals surface area contributed by atoms with Gasteiger partial charge < -0.3 is 19.6 Å². The van der Waals surface area contributed by atoms with Crippen LogP contribution in [0.4, 0.5) is 24.9 Å². The molecule has 0 aliphatic carbocycles. The van der Waals surface area contributed by atoms with Gasteiger partial charge in [-0.15, -0.1) is 0 Å². The normalized spacial score (nSPS) is 24.1. The smallest absolute Gasteiger partial charge is 0.389 e. The van der Waals surface area contributed by atoms with E-state index in [-0.39, 0.29) is 31.5 Å². The van der Waals surface area contributed by atoms with Gasteiger partial charge in [-0.1, -0.05) is 0 Å². The Morgan fingerprint density at radius 1 is 1.33 bits per heavy atom. The third-order valence-corrected chi connectivity index (χ3v) is 4.80. The number of aliphatic hydroxyl groups is 1. The fourth-order valence-corrected chi connectivity index (χ4v) is 3.63. The molecule has 3 rings (SSSR count). The molecule has 152 valence electrons. The zero-order valence-corrected chi connectivity index (χ0v) is 15.7. The van der Waals surface area contributed by atoms with E-state index in [4.69, 9.17) is 4.74 Å². The Bertz CT molecular complexity index is 744. The molecule has 3 heterocycles. The Labute approximate surface area is 155 Å². The minimum absolute atomic E-state index is 0.0431. The predicted molar refractivity (Wildman–Crippen MR) is 94.3 cm³/mol. The number of hydrogen-bond donors (Lipinski definition) is 1. The van der Waals surface area contributed by atoms with Gasteiger partial charge in [0.25, 0.3) is 5.56 Å². The van der Waals surface area contributed by atoms with Gasteiger partial charge in [0.1, 0.15) is 11.9 Å². The number of alkyl halides is 3. The summed E-state index contributed by atoms with van der Waals surface area (Å²) in [4.78, 5) is 20.5. The Morgan fingerprint density at radius 2 is 2.04 bits per heavy atom. The average Bonchev–Trinajstić information content (AvgIpc) is 2.53. The van der Waals surface area contributed by atoms with Crippen molar-refractivity contribution in [1.82, 2.24) is 9.55 Å². The molecule has 1 fully saturated rings. The average molecular weight is 390 g/mol. The summed E-state index contributed by atoms with van der Waals surface area (Å²) >= 11 is 0. The van der Waals surface area contributed by atoms with Gasteiger partial charge in [0, 0.05) is 25.7 Å². The Morgan fingerprint density at radius 3 is 2.63 bits per heavy atom. The van der Waals surface area contributed by atoms with Crippen molar-refractivity contribution in [2.75, 3.05) is 42.6 Å². The van der Waals surface area contributed by atoms with Crippen molar-refractivity contribution in [2.24, 2.45) is 0 Å². The van der Waals surface area contributed by atoms with E-state index >= 15 is 0 Å². The minimum Gasteiger partial charge on any atom is -0.389 e. The lowest BCUT2D eigenvalue weighted by Crippen LogP contribution is -2.50. The Hall–Kier alpha value is -1.81. The number of anilines is 2. The number of fused-ring (bicyclic) bond motifs is 1. The first-order valence-corrected chi connectivity index (χ1v) is 8.99. The molecule has 7 nitrogen and oxygen atoms in total. The number of β-amino-alcohol motifs (C(OH)–C–C–N with tert-alkyl or cyclic N) is 1. The number of halogens is 3. The van der Waals surface area contributed by atoms with Gasteiger partial charge in [-0.25, -0.2) is 0 Å². The summed E-state index contributed by atoms with van der Waals surface area (Å²) in [6, 6.07) is -0.794. The van der Waals surface area contributed by atoms with Crippen LogP contribution >= 0.6 is 0 Å². The zero-order chi connectivity index (χ0) is 20.0. The van der Waals surface area contributed by atoms with E-state index in [0.29, 0.717) is 30.1 Å². The van der Waals surface area contributed by atoms with E-state index in [1.54, 1.807) is 18.7 Å². The second-order valence-corrected chi connectivity index (χ2v) is 7.82. The van der Waals surface area contributed by atoms with Crippen LogP contribution in [0.15, 0.2) is 10.9 Å². The first kappa shape index (κ1) is 19.9. The van der Waals surface area contributed by atoms with Crippen molar-refractivity contribution in [3.63, 3.8) is 0 Å². The van der Waals surface area contributed by atoms with Crippen LogP contribution in [0.25, 0.3) is 0 Å². The van der Waals surface area contributed by atoms with Crippen LogP contribution in [0.5, 0.6) is 0 Å². The highest BCUT2D eigenvalue weighted by Crippen LogP contribution is 2.38. The molecular formula is C17H25F3N4O3. The molecule has 1 aromatic heterocycles. The van der Waals surface area contributed by atoms with Crippen molar-refractivity contribution < 1.29 is 23.0 Å². The third kappa shape index (κ3) is 4.21. The molecule has 1 N–H and O–H groups in total. The van der Waals surface area contributed by atoms with Crippen LogP contribution in [0.2, 0.25) is 0 Å². The highest BCUT2D eigenvalue weighted by molar-refractivity contribution is 5.47. The lowest BCUT2D eigenvalue weighted by atomic mass is 10.1. The van der Waals surface area contributed by atoms with Gasteiger partial charge in [0.15, 0.2) is 0 Å². The summed E-state index contributed by atoms with van der Waals surface area (Å²) < 4.78 is 46.6. The lowest BCUT2D eigenvalue weighted by molar-refractivity contribution is -0.171. The van der Waals surface area contributed by atoms with Gasteiger partial charge >= 0.3 is 6.18 Å². The van der Waals surface area contributed by atoms with Crippen molar-refractivity contribution in [3.8, 4) is 0 Å². The second kappa shape index (κ2) is 6.97. The quantitative estimate of drug-likeness (QED) is 0.845. The summed E-state index contributed by atoms with van der Waals surface area (Å²) in [7, 11) is 0. The molecule has 0 unspecified atom stereocenters. The summed E-state index contributed by atoms with van der Waals surface area (Å²) in [5.74, 6) is 0.289. The molecule has 10 heteroatoms. The summed E-state index contributed by atoms with van der Waals surface area (Å²) in [5.41, 5.74) is -1.88. The highest BCUT2D eigenvalue weighted by Gasteiger charge is 2.46. The van der Waals surface area contributed by atoms with Crippen LogP contribution in [0.3, 0.4) is 0 Å². The van der Waals surface area contributed by atoms with E-state index in [9.17, 15) is 23.1 Å². The van der Waals surface area contributed by atoms with Crippen molar-refractivity contribution >= 4 is 11.8 Å². The molecule has 0 aromatic carbocycles. The number of aromatic nitrogens is 2. The van der Waals surface area contributed by atoms with Crippen LogP contribution in [-0.2, 0) is 4.74 Å². The van der Waals surface area contributed by atoms with E-state index in [1.807, 2.05) is 11.8 Å². The van der Waals surface area contributed by atoms with E-state index in [2.05, 4.69) is 4.98 Å². The van der Waals surface area contributed by atoms with Crippen LogP contribution in [-0.4, -0.2) is 65.3 Å². The molecule has 1 saturated heterocycles. The standard InChI is InChI=1S/C17H25F3N4O3/c1-11-9-27-7-6-23(11)13-8-14(25)24-12(17(18,19)20)4-5-22(15(24)21-13)10-16(2,3)26/h8,11-12,26H,4-7,9-10H2,1-3H3/t11-,12-/m1/s1. The Kier molecular flexibility index (Phi) is 5.15. The molecule has 2 aliphatic heterocycles. The molecule has 0 saturated carbocycles. The molecule has 2 atom stereocenters. The molecule has 0 spiro atoms. The van der Waals surface area contributed by atoms with Crippen LogP contribution < -0.4 is 15.4 Å². The third-order valence-electron chi connectivity index (χ3n) is 4.80. The van der Waals surface area contributed by atoms with Gasteiger partial charge in [-0.3, -0.25) is 9.36 Å². The molecule has 0 amide bonds. The maximum atomic E-state index is 13.5. The fraction of sp³-hybridized carbons (Fsp3) is 0.765. The predicted octanol–water partition coefficient (Wildman–Crippen LogP) is 1.55. The van der Waals surface area contributed by atoms with E-state index < -0.39 is 23.4 Å². The summed E-state index contributed by atoms with van der Waals surface area (Å²) in [6.07, 6.45) is -4.81. The van der Waals surface area contributed by atoms with Crippen LogP contribution in [0, 0.1) is 0 Å². The molecule has 1 aromatic rings. The number of ether oxygens (including phenoxy) is 1. The van der Waals surface area contributed by atoms with Crippen LogP contribution in [0.1, 0.15) is 33.2 Å². The van der Waals surface area contributed by atoms with Crippen molar-refractivity contribution in [1.29, 1.82) is 0 Å². The lowest BCUT2D eigenvalue weighted by Gasteiger charge is -2.40.